The molecule has 0 bridgehead atoms. The molecule has 0 amide bonds. The minimum atomic E-state index is -0.381. The zero-order valence-corrected chi connectivity index (χ0v) is 11.5. The van der Waals surface area contributed by atoms with E-state index in [0.717, 1.165) is 11.1 Å². The molecule has 6 nitrogen and oxygen atoms in total. The van der Waals surface area contributed by atoms with Gasteiger partial charge in [-0.3, -0.25) is 9.97 Å². The molecular formula is C14H17N5O. The molecule has 0 spiro atoms. The van der Waals surface area contributed by atoms with Gasteiger partial charge in [-0.2, -0.15) is 0 Å². The van der Waals surface area contributed by atoms with Crippen molar-refractivity contribution >= 4 is 0 Å². The van der Waals surface area contributed by atoms with Gasteiger partial charge >= 0.3 is 0 Å². The molecule has 0 unspecified atom stereocenters. The molecule has 0 aliphatic heterocycles. The van der Waals surface area contributed by atoms with Gasteiger partial charge in [0.15, 0.2) is 0 Å². The summed E-state index contributed by atoms with van der Waals surface area (Å²) in [6, 6.07) is 7.15. The summed E-state index contributed by atoms with van der Waals surface area (Å²) in [5.74, 6) is 0. The van der Waals surface area contributed by atoms with E-state index in [4.69, 9.17) is 10.6 Å². The number of aromatic nitrogens is 2. The first kappa shape index (κ1) is 15.6. The maximum atomic E-state index is 9.00. The van der Waals surface area contributed by atoms with Crippen LogP contribution in [0, 0.1) is 0 Å². The van der Waals surface area contributed by atoms with Crippen LogP contribution < -0.4 is 0 Å². The lowest BCUT2D eigenvalue weighted by Crippen LogP contribution is -1.89. The summed E-state index contributed by atoms with van der Waals surface area (Å²) in [6.07, 6.45) is 6.31. The van der Waals surface area contributed by atoms with Crippen molar-refractivity contribution in [2.45, 2.75) is 26.0 Å². The summed E-state index contributed by atoms with van der Waals surface area (Å²) in [6.45, 7) is 3.57. The largest absolute Gasteiger partial charge is 0.389 e. The van der Waals surface area contributed by atoms with E-state index in [2.05, 4.69) is 20.0 Å². The second-order valence-corrected chi connectivity index (χ2v) is 4.12. The molecule has 0 saturated carbocycles. The lowest BCUT2D eigenvalue weighted by atomic mass is 10.1. The summed E-state index contributed by atoms with van der Waals surface area (Å²) < 4.78 is 0. The summed E-state index contributed by atoms with van der Waals surface area (Å²) in [4.78, 5) is 10.4. The fourth-order valence-electron chi connectivity index (χ4n) is 1.43. The van der Waals surface area contributed by atoms with Crippen LogP contribution in [0.3, 0.4) is 0 Å². The van der Waals surface area contributed by atoms with E-state index in [1.807, 2.05) is 19.1 Å². The Bertz CT molecular complexity index is 538. The highest BCUT2D eigenvalue weighted by Gasteiger charge is 1.99. The van der Waals surface area contributed by atoms with Crippen LogP contribution >= 0.6 is 0 Å². The highest BCUT2D eigenvalue weighted by atomic mass is 16.3. The third-order valence-electron chi connectivity index (χ3n) is 2.60. The maximum Gasteiger partial charge on any atom is 0.0763 e. The van der Waals surface area contributed by atoms with E-state index in [-0.39, 0.29) is 12.1 Å². The van der Waals surface area contributed by atoms with Crippen molar-refractivity contribution in [1.29, 1.82) is 0 Å². The molecule has 0 aliphatic carbocycles. The molecule has 0 radical (unpaired) electrons. The highest BCUT2D eigenvalue weighted by Crippen LogP contribution is 2.14. The summed E-state index contributed by atoms with van der Waals surface area (Å²) in [7, 11) is 0. The van der Waals surface area contributed by atoms with Gasteiger partial charge < -0.3 is 5.11 Å². The summed E-state index contributed by atoms with van der Waals surface area (Å²) in [5.41, 5.74) is 10.0. The lowest BCUT2D eigenvalue weighted by Gasteiger charge is -2.01. The van der Waals surface area contributed by atoms with Gasteiger partial charge in [-0.25, -0.2) is 0 Å². The van der Waals surface area contributed by atoms with Crippen LogP contribution in [0.4, 0.5) is 0 Å². The van der Waals surface area contributed by atoms with Crippen molar-refractivity contribution in [1.82, 2.24) is 9.97 Å². The zero-order valence-electron chi connectivity index (χ0n) is 11.5. The van der Waals surface area contributed by atoms with Crippen LogP contribution in [0.25, 0.3) is 10.4 Å². The first-order chi connectivity index (χ1) is 9.65. The first-order valence-electron chi connectivity index (χ1n) is 6.17. The Morgan fingerprint density at radius 1 is 1.00 bits per heavy atom. The Balaban J connectivity index is 0.000000204. The summed E-state index contributed by atoms with van der Waals surface area (Å²) >= 11 is 0. The van der Waals surface area contributed by atoms with Gasteiger partial charge in [0.05, 0.1) is 12.1 Å². The van der Waals surface area contributed by atoms with Crippen molar-refractivity contribution < 1.29 is 5.11 Å². The SMILES string of the molecule is C[C@@H](O)c1ccncc1.C[C@H](N=[N+]=[N-])c1ccncc1. The predicted molar refractivity (Wildman–Crippen MR) is 76.7 cm³/mol. The topological polar surface area (TPSA) is 94.8 Å². The Labute approximate surface area is 117 Å². The van der Waals surface area contributed by atoms with Crippen LogP contribution in [-0.2, 0) is 0 Å². The van der Waals surface area contributed by atoms with Gasteiger partial charge in [0.2, 0.25) is 0 Å². The Hall–Kier alpha value is -2.43. The third-order valence-corrected chi connectivity index (χ3v) is 2.60. The van der Waals surface area contributed by atoms with Crippen LogP contribution in [0.15, 0.2) is 54.2 Å². The Kier molecular flexibility index (Phi) is 6.75. The van der Waals surface area contributed by atoms with Crippen LogP contribution in [0.2, 0.25) is 0 Å². The van der Waals surface area contributed by atoms with E-state index in [1.54, 1.807) is 43.8 Å². The molecule has 20 heavy (non-hydrogen) atoms. The monoisotopic (exact) mass is 271 g/mol. The number of pyridine rings is 2. The standard InChI is InChI=1S/C7H8N4.C7H9NO/c1-6(10-11-8)7-2-4-9-5-3-7;1-6(9)7-2-4-8-5-3-7/h2-6H,1H3;2-6,9H,1H3/t2*6-/m01/s1. The quantitative estimate of drug-likeness (QED) is 0.525. The van der Waals surface area contributed by atoms with Gasteiger partial charge in [0, 0.05) is 29.7 Å². The first-order valence-corrected chi connectivity index (χ1v) is 6.17. The molecule has 2 heterocycles. The van der Waals surface area contributed by atoms with Gasteiger partial charge in [-0.1, -0.05) is 12.0 Å². The van der Waals surface area contributed by atoms with Crippen LogP contribution in [0.5, 0.6) is 0 Å². The molecule has 104 valence electrons. The average molecular weight is 271 g/mol. The minimum absolute atomic E-state index is 0.108. The van der Waals surface area contributed by atoms with Crippen molar-refractivity contribution in [3.05, 3.63) is 70.6 Å². The highest BCUT2D eigenvalue weighted by molar-refractivity contribution is 5.14. The summed E-state index contributed by atoms with van der Waals surface area (Å²) in [5, 5.41) is 12.5. The smallest absolute Gasteiger partial charge is 0.0763 e. The number of azide groups is 1. The molecule has 0 aliphatic rings. The van der Waals surface area contributed by atoms with Crippen molar-refractivity contribution in [3.8, 4) is 0 Å². The molecule has 0 saturated heterocycles. The van der Waals surface area contributed by atoms with E-state index in [9.17, 15) is 0 Å². The number of aliphatic hydroxyl groups is 1. The van der Waals surface area contributed by atoms with Gasteiger partial charge in [-0.15, -0.1) is 0 Å². The van der Waals surface area contributed by atoms with E-state index < -0.39 is 0 Å². The number of hydrogen-bond acceptors (Lipinski definition) is 4. The fraction of sp³-hybridized carbons (Fsp3) is 0.286. The molecule has 6 heteroatoms. The van der Waals surface area contributed by atoms with Crippen molar-refractivity contribution in [2.24, 2.45) is 5.11 Å². The molecule has 2 rings (SSSR count). The number of rotatable bonds is 3. The second kappa shape index (κ2) is 8.63. The molecule has 2 aromatic heterocycles. The maximum absolute atomic E-state index is 9.00. The average Bonchev–Trinajstić information content (AvgIpc) is 2.50. The normalized spacial score (nSPS) is 12.3. The van der Waals surface area contributed by atoms with Gasteiger partial charge in [-0.05, 0) is 47.8 Å². The molecule has 1 N–H and O–H groups in total. The molecule has 0 aromatic carbocycles. The van der Waals surface area contributed by atoms with E-state index in [0.29, 0.717) is 0 Å². The van der Waals surface area contributed by atoms with E-state index in [1.165, 1.54) is 0 Å². The van der Waals surface area contributed by atoms with Crippen LogP contribution in [-0.4, -0.2) is 15.1 Å². The van der Waals surface area contributed by atoms with Crippen LogP contribution in [0.1, 0.15) is 37.1 Å². The molecular weight excluding hydrogens is 254 g/mol. The van der Waals surface area contributed by atoms with E-state index >= 15 is 0 Å². The van der Waals surface area contributed by atoms with Crippen molar-refractivity contribution in [3.63, 3.8) is 0 Å². The Morgan fingerprint density at radius 2 is 1.45 bits per heavy atom. The van der Waals surface area contributed by atoms with Crippen molar-refractivity contribution in [2.75, 3.05) is 0 Å². The minimum Gasteiger partial charge on any atom is -0.389 e. The number of aliphatic hydroxyl groups excluding tert-OH is 1. The fourth-order valence-corrected chi connectivity index (χ4v) is 1.43. The zero-order chi connectivity index (χ0) is 14.8. The Morgan fingerprint density at radius 3 is 1.80 bits per heavy atom. The third kappa shape index (κ3) is 5.48. The number of nitrogens with zero attached hydrogens (tertiary/aromatic N) is 5. The second-order valence-electron chi connectivity index (χ2n) is 4.12. The molecule has 0 fully saturated rings. The molecule has 2 aromatic rings. The number of hydrogen-bond donors (Lipinski definition) is 1. The molecule has 2 atom stereocenters. The van der Waals surface area contributed by atoms with Gasteiger partial charge in [0.1, 0.15) is 0 Å². The lowest BCUT2D eigenvalue weighted by molar-refractivity contribution is 0.199. The predicted octanol–water partition coefficient (Wildman–Crippen LogP) is 3.59. The van der Waals surface area contributed by atoms with Gasteiger partial charge in [0.25, 0.3) is 0 Å².